The van der Waals surface area contributed by atoms with Crippen LogP contribution in [-0.2, 0) is 42.2 Å². The Balaban J connectivity index is 0. The van der Waals surface area contributed by atoms with E-state index in [0.717, 1.165) is 0 Å². The third-order valence-corrected chi connectivity index (χ3v) is 1.88. The Morgan fingerprint density at radius 2 is 2.13 bits per heavy atom. The van der Waals surface area contributed by atoms with Gasteiger partial charge in [-0.15, -0.1) is 6.04 Å². The molecular weight excluding hydrogens is 273 g/mol. The number of amides is 1. The average molecular weight is 292 g/mol. The zero-order valence-corrected chi connectivity index (χ0v) is 12.4. The number of hydrogen-bond donors (Lipinski definition) is 1. The van der Waals surface area contributed by atoms with Crippen molar-refractivity contribution >= 4 is 5.91 Å². The van der Waals surface area contributed by atoms with Crippen molar-refractivity contribution in [2.24, 2.45) is 0 Å². The van der Waals surface area contributed by atoms with E-state index in [-0.39, 0.29) is 51.8 Å². The molecule has 0 rings (SSSR count). The second kappa shape index (κ2) is 9.66. The molecule has 0 aliphatic rings. The number of ether oxygens (including phenoxy) is 1. The minimum atomic E-state index is -0.897. The van der Waals surface area contributed by atoms with Crippen LogP contribution in [0, 0.1) is 0 Å². The van der Waals surface area contributed by atoms with Gasteiger partial charge in [-0.25, -0.2) is 0 Å². The summed E-state index contributed by atoms with van der Waals surface area (Å²) in [6.07, 6.45) is -0.916. The first-order valence-corrected chi connectivity index (χ1v) is 4.69. The van der Waals surface area contributed by atoms with Crippen molar-refractivity contribution in [3.8, 4) is 0 Å². The Kier molecular flexibility index (Phi) is 11.5. The molecule has 0 fully saturated rings. The summed E-state index contributed by atoms with van der Waals surface area (Å²) in [6, 6.07) is -0.639. The summed E-state index contributed by atoms with van der Waals surface area (Å²) in [4.78, 5) is 12.8. The monoisotopic (exact) mass is 292 g/mol. The summed E-state index contributed by atoms with van der Waals surface area (Å²) in [7, 11) is 1.61. The van der Waals surface area contributed by atoms with Gasteiger partial charge >= 0.3 is 0 Å². The molecule has 0 saturated carbocycles. The summed E-state index contributed by atoms with van der Waals surface area (Å²) in [5, 5.41) is 9.30. The van der Waals surface area contributed by atoms with Gasteiger partial charge in [0.15, 0.2) is 0 Å². The van der Waals surface area contributed by atoms with Crippen LogP contribution in [0.3, 0.4) is 0 Å². The second-order valence-electron chi connectivity index (χ2n) is 3.27. The van der Waals surface area contributed by atoms with Crippen molar-refractivity contribution in [2.75, 3.05) is 20.4 Å². The molecular formula is C9H19N2O3Y-. The molecule has 0 bridgehead atoms. The van der Waals surface area contributed by atoms with Gasteiger partial charge in [0.2, 0.25) is 5.91 Å². The van der Waals surface area contributed by atoms with Gasteiger partial charge in [0.05, 0.1) is 6.42 Å². The van der Waals surface area contributed by atoms with Gasteiger partial charge in [0, 0.05) is 52.5 Å². The third kappa shape index (κ3) is 8.28. The Labute approximate surface area is 116 Å². The Bertz CT molecular complexity index is 179. The molecule has 0 heterocycles. The van der Waals surface area contributed by atoms with Gasteiger partial charge in [0.1, 0.15) is 6.73 Å². The van der Waals surface area contributed by atoms with E-state index in [9.17, 15) is 9.90 Å². The molecule has 6 heteroatoms. The van der Waals surface area contributed by atoms with Crippen molar-refractivity contribution in [3.63, 3.8) is 0 Å². The second-order valence-corrected chi connectivity index (χ2v) is 3.27. The van der Waals surface area contributed by atoms with Gasteiger partial charge in [-0.05, 0) is 6.92 Å². The van der Waals surface area contributed by atoms with E-state index in [2.05, 4.69) is 0 Å². The van der Waals surface area contributed by atoms with Gasteiger partial charge in [-0.2, -0.15) is 0 Å². The number of hydrogen-bond acceptors (Lipinski definition) is 3. The van der Waals surface area contributed by atoms with E-state index in [1.54, 1.807) is 14.0 Å². The number of rotatable bonds is 6. The third-order valence-electron chi connectivity index (χ3n) is 1.88. The van der Waals surface area contributed by atoms with Crippen LogP contribution >= 0.6 is 0 Å². The van der Waals surface area contributed by atoms with Crippen molar-refractivity contribution in [2.45, 2.75) is 32.4 Å². The molecule has 5 nitrogen and oxygen atoms in total. The molecule has 2 N–H and O–H groups in total. The zero-order valence-electron chi connectivity index (χ0n) is 9.56. The van der Waals surface area contributed by atoms with Crippen LogP contribution in [0.2, 0.25) is 0 Å². The molecule has 0 saturated heterocycles. The molecule has 1 amide bonds. The largest absolute Gasteiger partial charge is 0.673 e. The minimum absolute atomic E-state index is 0. The first kappa shape index (κ1) is 17.8. The van der Waals surface area contributed by atoms with Crippen LogP contribution in [0.5, 0.6) is 0 Å². The van der Waals surface area contributed by atoms with Crippen LogP contribution in [0.25, 0.3) is 5.73 Å². The predicted molar refractivity (Wildman–Crippen MR) is 53.7 cm³/mol. The molecule has 0 aliphatic carbocycles. The van der Waals surface area contributed by atoms with Crippen molar-refractivity contribution < 1.29 is 47.3 Å². The van der Waals surface area contributed by atoms with Crippen LogP contribution in [0.4, 0.5) is 0 Å². The SMILES string of the molecule is CCOCN(C)C(=O)CC(O)C(C)[NH-].[Y]. The number of aliphatic hydroxyl groups excluding tert-OH is 1. The number of carbonyl (C=O) groups excluding carboxylic acids is 1. The van der Waals surface area contributed by atoms with Crippen molar-refractivity contribution in [3.05, 3.63) is 5.73 Å². The molecule has 15 heavy (non-hydrogen) atoms. The molecule has 87 valence electrons. The van der Waals surface area contributed by atoms with E-state index in [1.165, 1.54) is 4.90 Å². The van der Waals surface area contributed by atoms with Gasteiger partial charge < -0.3 is 20.5 Å². The maximum absolute atomic E-state index is 11.4. The van der Waals surface area contributed by atoms with E-state index >= 15 is 0 Å². The Morgan fingerprint density at radius 1 is 1.60 bits per heavy atom. The molecule has 0 aliphatic heterocycles. The fourth-order valence-corrected chi connectivity index (χ4v) is 0.812. The van der Waals surface area contributed by atoms with Gasteiger partial charge in [-0.1, -0.05) is 6.92 Å². The summed E-state index contributed by atoms with van der Waals surface area (Å²) >= 11 is 0. The van der Waals surface area contributed by atoms with Crippen molar-refractivity contribution in [1.82, 2.24) is 4.90 Å². The smallest absolute Gasteiger partial charge is 0.226 e. The number of carbonyl (C=O) groups is 1. The van der Waals surface area contributed by atoms with Gasteiger partial charge in [-0.3, -0.25) is 4.79 Å². The molecule has 0 aromatic rings. The predicted octanol–water partition coefficient (Wildman–Crippen LogP) is 0.628. The van der Waals surface area contributed by atoms with E-state index in [0.29, 0.717) is 6.61 Å². The molecule has 2 atom stereocenters. The fourth-order valence-electron chi connectivity index (χ4n) is 0.812. The quantitative estimate of drug-likeness (QED) is 0.730. The Morgan fingerprint density at radius 3 is 2.53 bits per heavy atom. The first-order chi connectivity index (χ1) is 6.49. The summed E-state index contributed by atoms with van der Waals surface area (Å²) in [5.41, 5.74) is 7.20. The maximum atomic E-state index is 11.4. The number of nitrogens with zero attached hydrogens (tertiary/aromatic N) is 1. The maximum Gasteiger partial charge on any atom is 0.226 e. The standard InChI is InChI=1S/C9H19N2O3.Y/c1-4-14-6-11(3)9(13)5-8(12)7(2)10;/h7-8,10,12H,4-6H2,1-3H3;/q-1;. The van der Waals surface area contributed by atoms with E-state index in [4.69, 9.17) is 10.5 Å². The number of nitrogens with one attached hydrogen (secondary N) is 1. The van der Waals surface area contributed by atoms with Crippen LogP contribution in [0.15, 0.2) is 0 Å². The summed E-state index contributed by atoms with van der Waals surface area (Å²) < 4.78 is 5.04. The average Bonchev–Trinajstić information content (AvgIpc) is 2.13. The fraction of sp³-hybridized carbons (Fsp3) is 0.889. The topological polar surface area (TPSA) is 73.6 Å². The van der Waals surface area contributed by atoms with Gasteiger partial charge in [0.25, 0.3) is 0 Å². The van der Waals surface area contributed by atoms with Crippen LogP contribution in [-0.4, -0.2) is 48.4 Å². The first-order valence-electron chi connectivity index (χ1n) is 4.69. The molecule has 1 radical (unpaired) electrons. The van der Waals surface area contributed by atoms with E-state index < -0.39 is 12.1 Å². The van der Waals surface area contributed by atoms with Crippen LogP contribution < -0.4 is 0 Å². The van der Waals surface area contributed by atoms with Crippen molar-refractivity contribution in [1.29, 1.82) is 0 Å². The van der Waals surface area contributed by atoms with E-state index in [1.807, 2.05) is 6.92 Å². The molecule has 0 aromatic heterocycles. The molecule has 0 aromatic carbocycles. The van der Waals surface area contributed by atoms with Crippen LogP contribution in [0.1, 0.15) is 20.3 Å². The number of aliphatic hydroxyl groups is 1. The summed E-state index contributed by atoms with van der Waals surface area (Å²) in [6.45, 7) is 4.18. The minimum Gasteiger partial charge on any atom is -0.673 e. The zero-order chi connectivity index (χ0) is 11.1. The normalized spacial score (nSPS) is 13.9. The molecule has 2 unspecified atom stereocenters. The molecule has 0 spiro atoms. The summed E-state index contributed by atoms with van der Waals surface area (Å²) in [5.74, 6) is -0.204. The Hall–Kier alpha value is 0.454.